The summed E-state index contributed by atoms with van der Waals surface area (Å²) in [4.78, 5) is 43.8. The highest BCUT2D eigenvalue weighted by Gasteiger charge is 2.30. The number of anilines is 3. The zero-order chi connectivity index (χ0) is 31.4. The second kappa shape index (κ2) is 13.2. The van der Waals surface area contributed by atoms with E-state index in [1.165, 1.54) is 0 Å². The van der Waals surface area contributed by atoms with Crippen molar-refractivity contribution in [3.05, 3.63) is 93.0 Å². The fourth-order valence-corrected chi connectivity index (χ4v) is 5.53. The zero-order valence-electron chi connectivity index (χ0n) is 25.0. The first kappa shape index (κ1) is 30.6. The summed E-state index contributed by atoms with van der Waals surface area (Å²) in [5.41, 5.74) is 4.59. The van der Waals surface area contributed by atoms with Gasteiger partial charge in [-0.15, -0.1) is 0 Å². The number of benzene rings is 3. The van der Waals surface area contributed by atoms with E-state index in [0.29, 0.717) is 82.0 Å². The van der Waals surface area contributed by atoms with Crippen LogP contribution in [0.5, 0.6) is 5.75 Å². The maximum Gasteiger partial charge on any atom is 0.259 e. The second-order valence-corrected chi connectivity index (χ2v) is 11.0. The lowest BCUT2D eigenvalue weighted by Crippen LogP contribution is -2.49. The molecule has 11 nitrogen and oxygen atoms in total. The maximum absolute atomic E-state index is 13.7. The van der Waals surface area contributed by atoms with Crippen molar-refractivity contribution < 1.29 is 18.8 Å². The molecule has 0 unspecified atom stereocenters. The number of carbonyl (C=O) groups is 2. The number of nitrogens with one attached hydrogen (secondary N) is 1. The first-order chi connectivity index (χ1) is 21.2. The molecule has 0 bridgehead atoms. The number of amides is 2. The highest BCUT2D eigenvalue weighted by molar-refractivity contribution is 6.33. The Kier molecular flexibility index (Phi) is 9.15. The molecular weight excluding hydrogens is 584 g/mol. The number of halogens is 1. The van der Waals surface area contributed by atoms with E-state index in [4.69, 9.17) is 20.9 Å². The number of ether oxygens (including phenoxy) is 1. The lowest BCUT2D eigenvalue weighted by molar-refractivity contribution is 0.0745. The van der Waals surface area contributed by atoms with Crippen molar-refractivity contribution in [3.8, 4) is 17.0 Å². The number of methoxy groups -OCH3 is 1. The highest BCUT2D eigenvalue weighted by atomic mass is 35.5. The Labute approximate surface area is 260 Å². The Morgan fingerprint density at radius 2 is 1.77 bits per heavy atom. The Morgan fingerprint density at radius 1 is 1.07 bits per heavy atom. The summed E-state index contributed by atoms with van der Waals surface area (Å²) in [6.07, 6.45) is 0. The van der Waals surface area contributed by atoms with E-state index >= 15 is 0 Å². The normalized spacial score (nSPS) is 13.0. The average Bonchev–Trinajstić information content (AvgIpc) is 3.42. The van der Waals surface area contributed by atoms with Crippen molar-refractivity contribution in [3.63, 3.8) is 0 Å². The minimum atomic E-state index is -0.318. The summed E-state index contributed by atoms with van der Waals surface area (Å²) in [5, 5.41) is 10.5. The Bertz CT molecular complexity index is 1680. The average molecular weight is 617 g/mol. The van der Waals surface area contributed by atoms with E-state index in [2.05, 4.69) is 15.7 Å². The number of nitrogens with zero attached hydrogens (tertiary/aromatic N) is 5. The SMILES string of the molecule is COc1ccccc1-c1noc(C)c1C(=O)N1CCN(c2cc(NC(=O)c3ccc(N(C)C)cc3)c(CN=O)cc2Cl)CC1. The van der Waals surface area contributed by atoms with Crippen molar-refractivity contribution in [2.75, 3.05) is 62.5 Å². The largest absolute Gasteiger partial charge is 0.496 e. The van der Waals surface area contributed by atoms with Gasteiger partial charge in [0.1, 0.15) is 29.3 Å². The first-order valence-corrected chi connectivity index (χ1v) is 14.4. The van der Waals surface area contributed by atoms with Gasteiger partial charge in [-0.2, -0.15) is 4.91 Å². The number of carbonyl (C=O) groups excluding carboxylic acids is 2. The molecule has 5 rings (SSSR count). The molecule has 3 aromatic carbocycles. The number of nitroso groups, excluding NO2 is 1. The van der Waals surface area contributed by atoms with Crippen LogP contribution in [-0.2, 0) is 6.54 Å². The fraction of sp³-hybridized carbons (Fsp3) is 0.281. The molecule has 4 aromatic rings. The molecule has 228 valence electrons. The van der Waals surface area contributed by atoms with Crippen LogP contribution in [0.1, 0.15) is 32.0 Å². The Morgan fingerprint density at radius 3 is 2.43 bits per heavy atom. The van der Waals surface area contributed by atoms with E-state index in [1.54, 1.807) is 43.2 Å². The highest BCUT2D eigenvalue weighted by Crippen LogP contribution is 2.36. The monoisotopic (exact) mass is 616 g/mol. The number of piperazine rings is 1. The van der Waals surface area contributed by atoms with Crippen LogP contribution in [0.3, 0.4) is 0 Å². The molecule has 0 aliphatic carbocycles. The number of rotatable bonds is 9. The van der Waals surface area contributed by atoms with Crippen LogP contribution in [0, 0.1) is 11.8 Å². The van der Waals surface area contributed by atoms with Gasteiger partial charge in [-0.05, 0) is 55.5 Å². The third kappa shape index (κ3) is 6.23. The summed E-state index contributed by atoms with van der Waals surface area (Å²) in [6.45, 7) is 3.39. The molecular formula is C32H33ClN6O5. The molecule has 0 radical (unpaired) electrons. The van der Waals surface area contributed by atoms with Crippen molar-refractivity contribution in [2.24, 2.45) is 5.18 Å². The van der Waals surface area contributed by atoms with Crippen molar-refractivity contribution in [1.82, 2.24) is 10.1 Å². The molecule has 1 fully saturated rings. The number of para-hydroxylation sites is 1. The van der Waals surface area contributed by atoms with Gasteiger partial charge >= 0.3 is 0 Å². The van der Waals surface area contributed by atoms with Crippen LogP contribution in [0.4, 0.5) is 17.1 Å². The third-order valence-electron chi connectivity index (χ3n) is 7.65. The van der Waals surface area contributed by atoms with Crippen molar-refractivity contribution in [2.45, 2.75) is 13.5 Å². The van der Waals surface area contributed by atoms with Gasteiger partial charge in [-0.1, -0.05) is 34.1 Å². The molecule has 1 N–H and O–H groups in total. The lowest BCUT2D eigenvalue weighted by atomic mass is 10.0. The van der Waals surface area contributed by atoms with Crippen LogP contribution >= 0.6 is 11.6 Å². The van der Waals surface area contributed by atoms with E-state index in [1.807, 2.05) is 60.3 Å². The van der Waals surface area contributed by atoms with E-state index < -0.39 is 0 Å². The van der Waals surface area contributed by atoms with Crippen molar-refractivity contribution in [1.29, 1.82) is 0 Å². The number of aromatic nitrogens is 1. The summed E-state index contributed by atoms with van der Waals surface area (Å²) < 4.78 is 10.9. The number of hydrogen-bond acceptors (Lipinski definition) is 9. The minimum absolute atomic E-state index is 0.149. The molecule has 44 heavy (non-hydrogen) atoms. The lowest BCUT2D eigenvalue weighted by Gasteiger charge is -2.36. The third-order valence-corrected chi connectivity index (χ3v) is 7.95. The number of aryl methyl sites for hydroxylation is 1. The van der Waals surface area contributed by atoms with E-state index in [9.17, 15) is 14.5 Å². The Hall–Kier alpha value is -4.90. The summed E-state index contributed by atoms with van der Waals surface area (Å²) in [6, 6.07) is 18.0. The zero-order valence-corrected chi connectivity index (χ0v) is 25.7. The summed E-state index contributed by atoms with van der Waals surface area (Å²) >= 11 is 6.67. The van der Waals surface area contributed by atoms with Gasteiger partial charge in [-0.25, -0.2) is 0 Å². The van der Waals surface area contributed by atoms with Crippen LogP contribution in [-0.4, -0.2) is 69.3 Å². The van der Waals surface area contributed by atoms with Crippen molar-refractivity contribution >= 4 is 40.5 Å². The summed E-state index contributed by atoms with van der Waals surface area (Å²) in [5.74, 6) is 0.519. The van der Waals surface area contributed by atoms with Gasteiger partial charge in [0, 0.05) is 68.3 Å². The number of hydrogen-bond donors (Lipinski definition) is 1. The van der Waals surface area contributed by atoms with Gasteiger partial charge in [0.15, 0.2) is 0 Å². The standard InChI is InChI=1S/C32H33ClN6O5/c1-20-29(30(36-44-20)24-7-5-6-8-28(24)43-4)32(41)39-15-13-38(14-16-39)27-18-26(22(19-34-42)17-25(27)33)35-31(40)21-9-11-23(12-10-21)37(2)3/h5-12,17-18H,13-16,19H2,1-4H3,(H,35,40). The molecule has 0 atom stereocenters. The smallest absolute Gasteiger partial charge is 0.259 e. The van der Waals surface area contributed by atoms with Gasteiger partial charge in [0.2, 0.25) is 0 Å². The quantitative estimate of drug-likeness (QED) is 0.232. The fourth-order valence-electron chi connectivity index (χ4n) is 5.22. The van der Waals surface area contributed by atoms with E-state index in [0.717, 1.165) is 5.69 Å². The van der Waals surface area contributed by atoms with Crippen LogP contribution in [0.25, 0.3) is 11.3 Å². The molecule has 12 heteroatoms. The maximum atomic E-state index is 13.7. The van der Waals surface area contributed by atoms with Gasteiger partial charge in [0.25, 0.3) is 11.8 Å². The van der Waals surface area contributed by atoms with Gasteiger partial charge in [0.05, 0.1) is 17.8 Å². The molecule has 1 aliphatic heterocycles. The minimum Gasteiger partial charge on any atom is -0.496 e. The molecule has 1 saturated heterocycles. The summed E-state index contributed by atoms with van der Waals surface area (Å²) in [7, 11) is 5.42. The van der Waals surface area contributed by atoms with Gasteiger partial charge in [-0.3, -0.25) is 9.59 Å². The van der Waals surface area contributed by atoms with Gasteiger partial charge < -0.3 is 29.3 Å². The molecule has 2 amide bonds. The molecule has 2 heterocycles. The van der Waals surface area contributed by atoms with E-state index in [-0.39, 0.29) is 18.4 Å². The molecule has 0 spiro atoms. The predicted molar refractivity (Wildman–Crippen MR) is 171 cm³/mol. The topological polar surface area (TPSA) is 121 Å². The Balaban J connectivity index is 1.34. The molecule has 0 saturated carbocycles. The molecule has 1 aliphatic rings. The molecule has 1 aromatic heterocycles. The predicted octanol–water partition coefficient (Wildman–Crippen LogP) is 5.86. The van der Waals surface area contributed by atoms with Crippen LogP contribution in [0.2, 0.25) is 5.02 Å². The first-order valence-electron chi connectivity index (χ1n) is 14.1. The van der Waals surface area contributed by atoms with Crippen LogP contribution in [0.15, 0.2) is 70.4 Å². The van der Waals surface area contributed by atoms with Crippen LogP contribution < -0.4 is 19.9 Å². The second-order valence-electron chi connectivity index (χ2n) is 10.6.